The van der Waals surface area contributed by atoms with Gasteiger partial charge in [-0.3, -0.25) is 0 Å². The van der Waals surface area contributed by atoms with Crippen molar-refractivity contribution in [1.82, 2.24) is 0 Å². The van der Waals surface area contributed by atoms with Crippen LogP contribution in [-0.2, 0) is 5.60 Å². The van der Waals surface area contributed by atoms with E-state index in [0.717, 1.165) is 27.9 Å². The molecule has 1 aliphatic rings. The van der Waals surface area contributed by atoms with E-state index in [2.05, 4.69) is 7.05 Å². The molecule has 22 heavy (non-hydrogen) atoms. The molecule has 0 unspecified atom stereocenters. The van der Waals surface area contributed by atoms with Crippen molar-refractivity contribution in [3.05, 3.63) is 29.3 Å². The van der Waals surface area contributed by atoms with Crippen molar-refractivity contribution in [2.24, 2.45) is 0 Å². The molecule has 1 heterocycles. The Balaban J connectivity index is 2.02. The minimum absolute atomic E-state index is 0.713. The molecular formula is C19H32NO2+. The van der Waals surface area contributed by atoms with E-state index in [4.69, 9.17) is 4.74 Å². The molecule has 3 heteroatoms. The van der Waals surface area contributed by atoms with Crippen LogP contribution in [0.15, 0.2) is 18.2 Å². The standard InChI is InChI=1S/C19H32NO2/c1-16-10-9-11-17(19(2,3)21)18(16)22-15-14-20(4)12-7-5-6-8-13-20/h9-11,21H,5-8,12-15H2,1-4H3/q+1. The summed E-state index contributed by atoms with van der Waals surface area (Å²) >= 11 is 0. The second kappa shape index (κ2) is 7.01. The summed E-state index contributed by atoms with van der Waals surface area (Å²) in [5.74, 6) is 0.858. The normalized spacial score (nSPS) is 18.8. The summed E-state index contributed by atoms with van der Waals surface area (Å²) in [5, 5.41) is 10.3. The highest BCUT2D eigenvalue weighted by Crippen LogP contribution is 2.32. The summed E-state index contributed by atoms with van der Waals surface area (Å²) in [7, 11) is 2.35. The van der Waals surface area contributed by atoms with E-state index < -0.39 is 5.60 Å². The lowest BCUT2D eigenvalue weighted by atomic mass is 9.95. The van der Waals surface area contributed by atoms with Crippen molar-refractivity contribution in [3.8, 4) is 5.75 Å². The fourth-order valence-corrected chi connectivity index (χ4v) is 3.37. The summed E-state index contributed by atoms with van der Waals surface area (Å²) < 4.78 is 7.24. The maximum absolute atomic E-state index is 10.3. The average molecular weight is 306 g/mol. The lowest BCUT2D eigenvalue weighted by molar-refractivity contribution is -0.908. The van der Waals surface area contributed by atoms with Crippen molar-refractivity contribution in [3.63, 3.8) is 0 Å². The highest BCUT2D eigenvalue weighted by atomic mass is 16.5. The Bertz CT molecular complexity index is 483. The summed E-state index contributed by atoms with van der Waals surface area (Å²) in [6.07, 6.45) is 5.40. The van der Waals surface area contributed by atoms with Crippen LogP contribution in [0, 0.1) is 6.92 Å². The van der Waals surface area contributed by atoms with E-state index in [-0.39, 0.29) is 0 Å². The van der Waals surface area contributed by atoms with E-state index in [1.807, 2.05) is 39.0 Å². The van der Waals surface area contributed by atoms with Crippen molar-refractivity contribution >= 4 is 0 Å². The molecule has 1 saturated heterocycles. The van der Waals surface area contributed by atoms with E-state index in [1.54, 1.807) is 0 Å². The van der Waals surface area contributed by atoms with Crippen molar-refractivity contribution in [1.29, 1.82) is 0 Å². The summed E-state index contributed by atoms with van der Waals surface area (Å²) in [4.78, 5) is 0. The molecule has 1 aromatic carbocycles. The molecule has 0 bridgehead atoms. The number of hydrogen-bond acceptors (Lipinski definition) is 2. The molecular weight excluding hydrogens is 274 g/mol. The van der Waals surface area contributed by atoms with Gasteiger partial charge in [0.1, 0.15) is 18.9 Å². The lowest BCUT2D eigenvalue weighted by Gasteiger charge is -2.33. The van der Waals surface area contributed by atoms with Gasteiger partial charge in [0.05, 0.1) is 25.7 Å². The highest BCUT2D eigenvalue weighted by Gasteiger charge is 2.25. The van der Waals surface area contributed by atoms with E-state index in [1.165, 1.54) is 38.8 Å². The second-order valence-electron chi connectivity index (χ2n) is 7.56. The number of nitrogens with zero attached hydrogens (tertiary/aromatic N) is 1. The summed E-state index contributed by atoms with van der Waals surface area (Å²) in [6, 6.07) is 6.00. The third-order valence-electron chi connectivity index (χ3n) is 4.89. The van der Waals surface area contributed by atoms with Crippen LogP contribution < -0.4 is 4.74 Å². The number of likely N-dealkylation sites (N-methyl/N-ethyl adjacent to an activating group) is 1. The van der Waals surface area contributed by atoms with Gasteiger partial charge in [-0.15, -0.1) is 0 Å². The lowest BCUT2D eigenvalue weighted by Crippen LogP contribution is -2.47. The minimum atomic E-state index is -0.873. The SMILES string of the molecule is Cc1cccc(C(C)(C)O)c1OCC[N+]1(C)CCCCCC1. The zero-order valence-corrected chi connectivity index (χ0v) is 14.7. The Labute approximate surface area is 135 Å². The molecule has 124 valence electrons. The topological polar surface area (TPSA) is 29.5 Å². The van der Waals surface area contributed by atoms with Crippen LogP contribution in [0.5, 0.6) is 5.75 Å². The first kappa shape index (κ1) is 17.3. The average Bonchev–Trinajstić information content (AvgIpc) is 2.64. The van der Waals surface area contributed by atoms with Gasteiger partial charge in [-0.25, -0.2) is 0 Å². The molecule has 0 spiro atoms. The molecule has 0 saturated carbocycles. The molecule has 0 aliphatic carbocycles. The van der Waals surface area contributed by atoms with Gasteiger partial charge in [-0.05, 0) is 52.0 Å². The van der Waals surface area contributed by atoms with Crippen LogP contribution in [0.3, 0.4) is 0 Å². The van der Waals surface area contributed by atoms with E-state index in [9.17, 15) is 5.11 Å². The fourth-order valence-electron chi connectivity index (χ4n) is 3.37. The number of benzene rings is 1. The number of quaternary nitrogens is 1. The number of hydrogen-bond donors (Lipinski definition) is 1. The van der Waals surface area contributed by atoms with E-state index in [0.29, 0.717) is 6.61 Å². The monoisotopic (exact) mass is 306 g/mol. The van der Waals surface area contributed by atoms with Crippen LogP contribution in [0.2, 0.25) is 0 Å². The van der Waals surface area contributed by atoms with Crippen LogP contribution in [-0.4, -0.2) is 42.9 Å². The smallest absolute Gasteiger partial charge is 0.137 e. The van der Waals surface area contributed by atoms with Gasteiger partial charge in [0.2, 0.25) is 0 Å². The number of aliphatic hydroxyl groups is 1. The first-order valence-electron chi connectivity index (χ1n) is 8.61. The number of aryl methyl sites for hydroxylation is 1. The van der Waals surface area contributed by atoms with Gasteiger partial charge in [0.25, 0.3) is 0 Å². The maximum atomic E-state index is 10.3. The predicted octanol–water partition coefficient (Wildman–Crippen LogP) is 3.62. The zero-order valence-electron chi connectivity index (χ0n) is 14.7. The number of likely N-dealkylation sites (tertiary alicyclic amines) is 1. The molecule has 0 atom stereocenters. The van der Waals surface area contributed by atoms with Gasteiger partial charge >= 0.3 is 0 Å². The third-order valence-corrected chi connectivity index (χ3v) is 4.89. The quantitative estimate of drug-likeness (QED) is 0.842. The fraction of sp³-hybridized carbons (Fsp3) is 0.684. The largest absolute Gasteiger partial charge is 0.487 e. The predicted molar refractivity (Wildman–Crippen MR) is 91.2 cm³/mol. The minimum Gasteiger partial charge on any atom is -0.487 e. The molecule has 1 N–H and O–H groups in total. The molecule has 1 aliphatic heterocycles. The van der Waals surface area contributed by atoms with Gasteiger partial charge in [-0.1, -0.05) is 18.2 Å². The summed E-state index contributed by atoms with van der Waals surface area (Å²) in [5.41, 5.74) is 1.10. The summed E-state index contributed by atoms with van der Waals surface area (Å²) in [6.45, 7) is 9.95. The molecule has 1 fully saturated rings. The number of para-hydroxylation sites is 1. The Morgan fingerprint density at radius 1 is 1.14 bits per heavy atom. The van der Waals surface area contributed by atoms with Crippen LogP contribution in [0.4, 0.5) is 0 Å². The maximum Gasteiger partial charge on any atom is 0.137 e. The molecule has 1 aromatic rings. The van der Waals surface area contributed by atoms with Crippen molar-refractivity contribution < 1.29 is 14.3 Å². The first-order chi connectivity index (χ1) is 10.3. The molecule has 3 nitrogen and oxygen atoms in total. The number of rotatable bonds is 5. The first-order valence-corrected chi connectivity index (χ1v) is 8.61. The molecule has 0 aromatic heterocycles. The van der Waals surface area contributed by atoms with E-state index >= 15 is 0 Å². The van der Waals surface area contributed by atoms with Crippen molar-refractivity contribution in [2.75, 3.05) is 33.3 Å². The van der Waals surface area contributed by atoms with Gasteiger partial charge in [0.15, 0.2) is 0 Å². The zero-order chi connectivity index (χ0) is 16.2. The Kier molecular flexibility index (Phi) is 5.51. The Morgan fingerprint density at radius 2 is 1.77 bits per heavy atom. The molecule has 0 amide bonds. The molecule has 2 rings (SSSR count). The second-order valence-corrected chi connectivity index (χ2v) is 7.56. The van der Waals surface area contributed by atoms with Gasteiger partial charge in [-0.2, -0.15) is 0 Å². The van der Waals surface area contributed by atoms with Crippen LogP contribution in [0.25, 0.3) is 0 Å². The van der Waals surface area contributed by atoms with Crippen LogP contribution >= 0.6 is 0 Å². The van der Waals surface area contributed by atoms with Gasteiger partial charge < -0.3 is 14.3 Å². The molecule has 0 radical (unpaired) electrons. The Morgan fingerprint density at radius 3 is 2.36 bits per heavy atom. The van der Waals surface area contributed by atoms with Gasteiger partial charge in [0, 0.05) is 5.56 Å². The number of ether oxygens (including phenoxy) is 1. The Hall–Kier alpha value is -1.06. The highest BCUT2D eigenvalue weighted by molar-refractivity contribution is 5.43. The van der Waals surface area contributed by atoms with Crippen molar-refractivity contribution in [2.45, 2.75) is 52.1 Å². The third kappa shape index (κ3) is 4.47. The van der Waals surface area contributed by atoms with Crippen LogP contribution in [0.1, 0.15) is 50.7 Å².